The van der Waals surface area contributed by atoms with Gasteiger partial charge in [0.25, 0.3) is 0 Å². The van der Waals surface area contributed by atoms with Crippen LogP contribution in [0.2, 0.25) is 0 Å². The van der Waals surface area contributed by atoms with Gasteiger partial charge in [-0.1, -0.05) is 41.1 Å². The number of benzene rings is 1. The van der Waals surface area contributed by atoms with Crippen LogP contribution in [-0.2, 0) is 10.4 Å². The summed E-state index contributed by atoms with van der Waals surface area (Å²) >= 11 is 3.36. The quantitative estimate of drug-likeness (QED) is 0.757. The van der Waals surface area contributed by atoms with Crippen molar-refractivity contribution >= 4 is 21.8 Å². The molecule has 104 valence electrons. The van der Waals surface area contributed by atoms with Crippen LogP contribution < -0.4 is 5.32 Å². The highest BCUT2D eigenvalue weighted by atomic mass is 79.9. The molecule has 0 fully saturated rings. The molecule has 1 aromatic carbocycles. The normalized spacial score (nSPS) is 13.6. The largest absolute Gasteiger partial charge is 0.383 e. The molecule has 1 aromatic rings. The summed E-state index contributed by atoms with van der Waals surface area (Å²) in [6.45, 7) is 5.70. The van der Waals surface area contributed by atoms with Crippen molar-refractivity contribution in [3.63, 3.8) is 0 Å². The van der Waals surface area contributed by atoms with E-state index in [9.17, 15) is 9.90 Å². The van der Waals surface area contributed by atoms with E-state index in [-0.39, 0.29) is 12.5 Å². The van der Waals surface area contributed by atoms with Crippen LogP contribution >= 0.6 is 15.9 Å². The van der Waals surface area contributed by atoms with E-state index in [1.165, 1.54) is 0 Å². The van der Waals surface area contributed by atoms with E-state index < -0.39 is 5.60 Å². The molecule has 0 aromatic heterocycles. The summed E-state index contributed by atoms with van der Waals surface area (Å²) in [7, 11) is 0. The van der Waals surface area contributed by atoms with E-state index in [0.717, 1.165) is 10.0 Å². The average Bonchev–Trinajstić information content (AvgIpc) is 2.43. The van der Waals surface area contributed by atoms with Crippen LogP contribution in [0.1, 0.15) is 31.7 Å². The smallest absolute Gasteiger partial charge is 0.220 e. The van der Waals surface area contributed by atoms with Gasteiger partial charge in [-0.2, -0.15) is 0 Å². The molecule has 1 amide bonds. The molecule has 0 aliphatic carbocycles. The van der Waals surface area contributed by atoms with Crippen LogP contribution in [0.15, 0.2) is 41.4 Å². The van der Waals surface area contributed by atoms with Crippen LogP contribution in [0, 0.1) is 0 Å². The summed E-state index contributed by atoms with van der Waals surface area (Å²) < 4.78 is 0.963. The molecule has 0 saturated carbocycles. The summed E-state index contributed by atoms with van der Waals surface area (Å²) in [6.07, 6.45) is 3.30. The Bertz CT molecular complexity index is 430. The third-order valence-corrected chi connectivity index (χ3v) is 3.65. The molecule has 0 aliphatic rings. The molecule has 0 saturated heterocycles. The number of aliphatic hydroxyl groups is 1. The molecule has 4 heteroatoms. The number of hydrogen-bond acceptors (Lipinski definition) is 2. The van der Waals surface area contributed by atoms with Gasteiger partial charge in [0.05, 0.1) is 6.54 Å². The van der Waals surface area contributed by atoms with Crippen molar-refractivity contribution in [2.24, 2.45) is 0 Å². The van der Waals surface area contributed by atoms with Crippen LogP contribution in [0.25, 0.3) is 0 Å². The highest BCUT2D eigenvalue weighted by molar-refractivity contribution is 9.10. The van der Waals surface area contributed by atoms with E-state index in [4.69, 9.17) is 0 Å². The first-order valence-electron chi connectivity index (χ1n) is 6.38. The third kappa shape index (κ3) is 4.80. The Morgan fingerprint density at radius 1 is 1.47 bits per heavy atom. The van der Waals surface area contributed by atoms with Crippen molar-refractivity contribution in [3.8, 4) is 0 Å². The Morgan fingerprint density at radius 3 is 2.63 bits per heavy atom. The molecule has 0 aliphatic heterocycles. The van der Waals surface area contributed by atoms with Gasteiger partial charge in [-0.05, 0) is 30.5 Å². The number of allylic oxidation sites excluding steroid dienone is 1. The lowest BCUT2D eigenvalue weighted by atomic mass is 9.91. The predicted molar refractivity (Wildman–Crippen MR) is 80.8 cm³/mol. The number of amides is 1. The van der Waals surface area contributed by atoms with Gasteiger partial charge in [-0.3, -0.25) is 4.79 Å². The molecule has 1 atom stereocenters. The zero-order chi connectivity index (χ0) is 14.3. The first-order valence-corrected chi connectivity index (χ1v) is 7.17. The van der Waals surface area contributed by atoms with Crippen LogP contribution in [0.4, 0.5) is 0 Å². The minimum atomic E-state index is -1.02. The molecular weight excluding hydrogens is 306 g/mol. The topological polar surface area (TPSA) is 49.3 Å². The van der Waals surface area contributed by atoms with Crippen molar-refractivity contribution in [1.82, 2.24) is 5.32 Å². The SMILES string of the molecule is C=CCCC(=O)NCC(O)(CC)c1ccc(Br)cc1. The number of carbonyl (C=O) groups excluding carboxylic acids is 1. The van der Waals surface area contributed by atoms with Gasteiger partial charge in [0.1, 0.15) is 5.60 Å². The fourth-order valence-electron chi connectivity index (χ4n) is 1.76. The third-order valence-electron chi connectivity index (χ3n) is 3.12. The second-order valence-corrected chi connectivity index (χ2v) is 5.41. The fourth-order valence-corrected chi connectivity index (χ4v) is 2.02. The number of rotatable bonds is 7. The van der Waals surface area contributed by atoms with E-state index in [1.54, 1.807) is 6.08 Å². The Labute approximate surface area is 122 Å². The molecular formula is C15H20BrNO2. The molecule has 0 heterocycles. The van der Waals surface area contributed by atoms with Crippen LogP contribution in [0.3, 0.4) is 0 Å². The number of nitrogens with one attached hydrogen (secondary N) is 1. The van der Waals surface area contributed by atoms with Crippen molar-refractivity contribution < 1.29 is 9.90 Å². The summed E-state index contributed by atoms with van der Waals surface area (Å²) in [4.78, 5) is 11.6. The highest BCUT2D eigenvalue weighted by Crippen LogP contribution is 2.25. The number of halogens is 1. The summed E-state index contributed by atoms with van der Waals surface area (Å²) in [5.74, 6) is -0.0658. The maximum absolute atomic E-state index is 11.6. The molecule has 0 spiro atoms. The van der Waals surface area contributed by atoms with Gasteiger partial charge in [0.2, 0.25) is 5.91 Å². The molecule has 19 heavy (non-hydrogen) atoms. The number of carbonyl (C=O) groups is 1. The van der Waals surface area contributed by atoms with Gasteiger partial charge in [0.15, 0.2) is 0 Å². The Morgan fingerprint density at radius 2 is 2.11 bits per heavy atom. The van der Waals surface area contributed by atoms with Crippen molar-refractivity contribution in [2.45, 2.75) is 31.8 Å². The second-order valence-electron chi connectivity index (χ2n) is 4.50. The van der Waals surface area contributed by atoms with Crippen LogP contribution in [0.5, 0.6) is 0 Å². The average molecular weight is 326 g/mol. The minimum Gasteiger partial charge on any atom is -0.383 e. The van der Waals surface area contributed by atoms with Gasteiger partial charge >= 0.3 is 0 Å². The fraction of sp³-hybridized carbons (Fsp3) is 0.400. The van der Waals surface area contributed by atoms with Crippen molar-refractivity contribution in [2.75, 3.05) is 6.54 Å². The van der Waals surface area contributed by atoms with Gasteiger partial charge < -0.3 is 10.4 Å². The summed E-state index contributed by atoms with van der Waals surface area (Å²) in [5, 5.41) is 13.4. The molecule has 0 radical (unpaired) electrons. The van der Waals surface area contributed by atoms with E-state index in [0.29, 0.717) is 19.3 Å². The summed E-state index contributed by atoms with van der Waals surface area (Å²) in [6, 6.07) is 7.50. The van der Waals surface area contributed by atoms with Crippen molar-refractivity contribution in [1.29, 1.82) is 0 Å². The molecule has 2 N–H and O–H groups in total. The predicted octanol–water partition coefficient (Wildman–Crippen LogP) is 3.13. The Kier molecular flexibility index (Phi) is 6.25. The lowest BCUT2D eigenvalue weighted by Gasteiger charge is -2.27. The van der Waals surface area contributed by atoms with E-state index in [2.05, 4.69) is 27.8 Å². The zero-order valence-corrected chi connectivity index (χ0v) is 12.7. The molecule has 3 nitrogen and oxygen atoms in total. The van der Waals surface area contributed by atoms with E-state index in [1.807, 2.05) is 31.2 Å². The summed E-state index contributed by atoms with van der Waals surface area (Å²) in [5.41, 5.74) is -0.216. The minimum absolute atomic E-state index is 0.0658. The first kappa shape index (κ1) is 15.9. The van der Waals surface area contributed by atoms with Gasteiger partial charge in [0, 0.05) is 10.9 Å². The van der Waals surface area contributed by atoms with Gasteiger partial charge in [-0.15, -0.1) is 6.58 Å². The standard InChI is InChI=1S/C15H20BrNO2/c1-3-5-6-14(18)17-11-15(19,4-2)12-7-9-13(16)10-8-12/h3,7-10,19H,1,4-6,11H2,2H3,(H,17,18). The van der Waals surface area contributed by atoms with Crippen LogP contribution in [-0.4, -0.2) is 17.6 Å². The monoisotopic (exact) mass is 325 g/mol. The molecule has 0 bridgehead atoms. The van der Waals surface area contributed by atoms with Gasteiger partial charge in [-0.25, -0.2) is 0 Å². The second kappa shape index (κ2) is 7.46. The maximum atomic E-state index is 11.6. The first-order chi connectivity index (χ1) is 9.01. The van der Waals surface area contributed by atoms with Crippen molar-refractivity contribution in [3.05, 3.63) is 47.0 Å². The Balaban J connectivity index is 2.67. The molecule has 1 unspecified atom stereocenters. The lowest BCUT2D eigenvalue weighted by Crippen LogP contribution is -2.40. The number of hydrogen-bond donors (Lipinski definition) is 2. The maximum Gasteiger partial charge on any atom is 0.220 e. The lowest BCUT2D eigenvalue weighted by molar-refractivity contribution is -0.122. The highest BCUT2D eigenvalue weighted by Gasteiger charge is 2.27. The molecule has 1 rings (SSSR count). The Hall–Kier alpha value is -1.13. The zero-order valence-electron chi connectivity index (χ0n) is 11.2. The van der Waals surface area contributed by atoms with E-state index >= 15 is 0 Å².